The highest BCUT2D eigenvalue weighted by Crippen LogP contribution is 2.26. The fourth-order valence-corrected chi connectivity index (χ4v) is 2.54. The lowest BCUT2D eigenvalue weighted by molar-refractivity contribution is -0.114. The molecule has 0 unspecified atom stereocenters. The van der Waals surface area contributed by atoms with Crippen LogP contribution in [0.3, 0.4) is 0 Å². The number of hydrogen-bond acceptors (Lipinski definition) is 7. The number of ether oxygens (including phenoxy) is 1. The molecule has 0 aliphatic rings. The number of fused-ring (bicyclic) bond motifs is 1. The number of hydrogen-bond donors (Lipinski definition) is 3. The number of halogens is 1. The number of aromatic nitrogens is 4. The van der Waals surface area contributed by atoms with E-state index in [4.69, 9.17) is 4.74 Å². The Morgan fingerprint density at radius 1 is 1.32 bits per heavy atom. The van der Waals surface area contributed by atoms with Crippen molar-refractivity contribution in [2.24, 2.45) is 0 Å². The van der Waals surface area contributed by atoms with Crippen molar-refractivity contribution in [1.29, 1.82) is 0 Å². The summed E-state index contributed by atoms with van der Waals surface area (Å²) < 4.78 is 19.6. The summed E-state index contributed by atoms with van der Waals surface area (Å²) in [5.41, 5.74) is 1.32. The smallest absolute Gasteiger partial charge is 0.318 e. The molecule has 10 heteroatoms. The van der Waals surface area contributed by atoms with E-state index in [1.165, 1.54) is 6.92 Å². The Morgan fingerprint density at radius 2 is 2.14 bits per heavy atom. The normalized spacial score (nSPS) is 11.0. The lowest BCUT2D eigenvalue weighted by Gasteiger charge is -2.11. The van der Waals surface area contributed by atoms with Gasteiger partial charge in [-0.2, -0.15) is 10.1 Å². The van der Waals surface area contributed by atoms with Gasteiger partial charge in [0.15, 0.2) is 17.5 Å². The summed E-state index contributed by atoms with van der Waals surface area (Å²) in [5.74, 6) is -0.430. The topological polar surface area (TPSA) is 108 Å². The molecule has 0 bridgehead atoms. The summed E-state index contributed by atoms with van der Waals surface area (Å²) in [7, 11) is 3.95. The standard InChI is InChI=1S/C18H22FN7O2/c1-11(27)21-16-13-9-12(5-6-15(13)24-25-16)22-17-14(19)10-20-18(23-17)28-8-4-7-26(2)3/h5-6,9-10H,4,7-8H2,1-3H3,(H,20,22,23)(H2,21,24,25,27). The Hall–Kier alpha value is -3.27. The van der Waals surface area contributed by atoms with Gasteiger partial charge >= 0.3 is 6.01 Å². The molecule has 148 valence electrons. The van der Waals surface area contributed by atoms with Crippen LogP contribution in [0, 0.1) is 5.82 Å². The maximum atomic E-state index is 14.1. The number of carbonyl (C=O) groups is 1. The molecule has 1 aromatic carbocycles. The van der Waals surface area contributed by atoms with Gasteiger partial charge in [-0.25, -0.2) is 9.37 Å². The van der Waals surface area contributed by atoms with E-state index in [1.54, 1.807) is 18.2 Å². The number of aromatic amines is 1. The van der Waals surface area contributed by atoms with Crippen molar-refractivity contribution < 1.29 is 13.9 Å². The summed E-state index contributed by atoms with van der Waals surface area (Å²) in [6, 6.07) is 5.36. The Bertz CT molecular complexity index is 974. The van der Waals surface area contributed by atoms with Crippen LogP contribution in [-0.4, -0.2) is 58.2 Å². The maximum absolute atomic E-state index is 14.1. The van der Waals surface area contributed by atoms with E-state index >= 15 is 0 Å². The number of benzene rings is 1. The third-order valence-corrected chi connectivity index (χ3v) is 3.82. The van der Waals surface area contributed by atoms with Gasteiger partial charge in [0, 0.05) is 24.5 Å². The third-order valence-electron chi connectivity index (χ3n) is 3.82. The molecule has 28 heavy (non-hydrogen) atoms. The molecule has 2 heterocycles. The van der Waals surface area contributed by atoms with E-state index in [0.717, 1.165) is 24.7 Å². The van der Waals surface area contributed by atoms with E-state index in [0.29, 0.717) is 23.5 Å². The first kappa shape index (κ1) is 19.5. The molecule has 9 nitrogen and oxygen atoms in total. The number of carbonyl (C=O) groups excluding carboxylic acids is 1. The van der Waals surface area contributed by atoms with E-state index in [2.05, 4.69) is 30.8 Å². The number of nitrogens with one attached hydrogen (secondary N) is 3. The van der Waals surface area contributed by atoms with Crippen molar-refractivity contribution in [3.8, 4) is 6.01 Å². The molecule has 2 aromatic heterocycles. The van der Waals surface area contributed by atoms with Crippen LogP contribution in [0.25, 0.3) is 10.9 Å². The molecule has 1 amide bonds. The van der Waals surface area contributed by atoms with Crippen molar-refractivity contribution in [3.63, 3.8) is 0 Å². The summed E-state index contributed by atoms with van der Waals surface area (Å²) in [5, 5.41) is 13.1. The van der Waals surface area contributed by atoms with Gasteiger partial charge in [0.2, 0.25) is 5.91 Å². The zero-order chi connectivity index (χ0) is 20.1. The molecular formula is C18H22FN7O2. The monoisotopic (exact) mass is 387 g/mol. The minimum Gasteiger partial charge on any atom is -0.463 e. The molecule has 3 aromatic rings. The fourth-order valence-electron chi connectivity index (χ4n) is 2.54. The minimum atomic E-state index is -0.602. The van der Waals surface area contributed by atoms with Crippen LogP contribution < -0.4 is 15.4 Å². The highest BCUT2D eigenvalue weighted by molar-refractivity contribution is 5.99. The van der Waals surface area contributed by atoms with Crippen molar-refractivity contribution in [2.45, 2.75) is 13.3 Å². The largest absolute Gasteiger partial charge is 0.463 e. The van der Waals surface area contributed by atoms with Gasteiger partial charge in [0.05, 0.1) is 18.3 Å². The molecular weight excluding hydrogens is 365 g/mol. The fraction of sp³-hybridized carbons (Fsp3) is 0.333. The molecule has 0 aliphatic carbocycles. The predicted octanol–water partition coefficient (Wildman–Crippen LogP) is 2.52. The Labute approximate surface area is 161 Å². The molecule has 3 rings (SSSR count). The van der Waals surface area contributed by atoms with Gasteiger partial charge in [-0.3, -0.25) is 9.89 Å². The zero-order valence-corrected chi connectivity index (χ0v) is 15.9. The predicted molar refractivity (Wildman–Crippen MR) is 104 cm³/mol. The van der Waals surface area contributed by atoms with Crippen LogP contribution in [-0.2, 0) is 4.79 Å². The second-order valence-electron chi connectivity index (χ2n) is 6.49. The summed E-state index contributed by atoms with van der Waals surface area (Å²) in [6.07, 6.45) is 1.87. The van der Waals surface area contributed by atoms with Crippen LogP contribution in [0.1, 0.15) is 13.3 Å². The van der Waals surface area contributed by atoms with Crippen molar-refractivity contribution in [3.05, 3.63) is 30.2 Å². The quantitative estimate of drug-likeness (QED) is 0.510. The number of rotatable bonds is 8. The van der Waals surface area contributed by atoms with Crippen LogP contribution in [0.15, 0.2) is 24.4 Å². The highest BCUT2D eigenvalue weighted by atomic mass is 19.1. The van der Waals surface area contributed by atoms with Gasteiger partial charge in [-0.1, -0.05) is 0 Å². The first-order valence-corrected chi connectivity index (χ1v) is 8.75. The van der Waals surface area contributed by atoms with E-state index < -0.39 is 5.82 Å². The first-order valence-electron chi connectivity index (χ1n) is 8.75. The lowest BCUT2D eigenvalue weighted by atomic mass is 10.2. The van der Waals surface area contributed by atoms with Crippen LogP contribution in [0.5, 0.6) is 6.01 Å². The molecule has 0 saturated carbocycles. The van der Waals surface area contributed by atoms with Gasteiger partial charge in [-0.05, 0) is 38.7 Å². The average Bonchev–Trinajstić information content (AvgIpc) is 3.03. The maximum Gasteiger partial charge on any atom is 0.318 e. The van der Waals surface area contributed by atoms with E-state index in [9.17, 15) is 9.18 Å². The third kappa shape index (κ3) is 4.92. The summed E-state index contributed by atoms with van der Waals surface area (Å²) in [4.78, 5) is 21.3. The molecule has 0 aliphatic heterocycles. The van der Waals surface area contributed by atoms with Crippen molar-refractivity contribution in [2.75, 3.05) is 37.9 Å². The highest BCUT2D eigenvalue weighted by Gasteiger charge is 2.11. The number of anilines is 3. The Morgan fingerprint density at radius 3 is 2.89 bits per heavy atom. The second-order valence-corrected chi connectivity index (χ2v) is 6.49. The summed E-state index contributed by atoms with van der Waals surface area (Å²) >= 11 is 0. The zero-order valence-electron chi connectivity index (χ0n) is 15.9. The molecule has 0 spiro atoms. The number of amides is 1. The van der Waals surface area contributed by atoms with Gasteiger partial charge < -0.3 is 20.3 Å². The van der Waals surface area contributed by atoms with E-state index in [1.807, 2.05) is 19.0 Å². The number of H-pyrrole nitrogens is 1. The Balaban J connectivity index is 1.75. The van der Waals surface area contributed by atoms with Crippen molar-refractivity contribution in [1.82, 2.24) is 25.1 Å². The van der Waals surface area contributed by atoms with Gasteiger partial charge in [0.25, 0.3) is 0 Å². The van der Waals surface area contributed by atoms with Crippen LogP contribution in [0.2, 0.25) is 0 Å². The van der Waals surface area contributed by atoms with Crippen LogP contribution >= 0.6 is 0 Å². The van der Waals surface area contributed by atoms with Crippen LogP contribution in [0.4, 0.5) is 21.7 Å². The lowest BCUT2D eigenvalue weighted by Crippen LogP contribution is -2.16. The molecule has 0 saturated heterocycles. The van der Waals surface area contributed by atoms with E-state index in [-0.39, 0.29) is 17.7 Å². The first-order chi connectivity index (χ1) is 13.4. The van der Waals surface area contributed by atoms with Gasteiger partial charge in [-0.15, -0.1) is 0 Å². The molecule has 0 atom stereocenters. The minimum absolute atomic E-state index is 0.00142. The molecule has 0 radical (unpaired) electrons. The van der Waals surface area contributed by atoms with Gasteiger partial charge in [0.1, 0.15) is 0 Å². The molecule has 3 N–H and O–H groups in total. The average molecular weight is 387 g/mol. The molecule has 0 fully saturated rings. The number of nitrogens with zero attached hydrogens (tertiary/aromatic N) is 4. The summed E-state index contributed by atoms with van der Waals surface area (Å²) in [6.45, 7) is 2.71. The second kappa shape index (κ2) is 8.61. The van der Waals surface area contributed by atoms with Crippen molar-refractivity contribution >= 4 is 34.1 Å². The SMILES string of the molecule is CC(=O)Nc1n[nH]c2ccc(Nc3nc(OCCCN(C)C)ncc3F)cc12. The Kier molecular flexibility index (Phi) is 5.99.